The number of rotatable bonds is 2. The summed E-state index contributed by atoms with van der Waals surface area (Å²) in [5.74, 6) is 0. The van der Waals surface area contributed by atoms with Crippen molar-refractivity contribution in [1.29, 1.82) is 0 Å². The summed E-state index contributed by atoms with van der Waals surface area (Å²) < 4.78 is 0. The minimum absolute atomic E-state index is 0.756. The standard InChI is InChI=1S/C7H7BrClN/c8-3-1-7-5-6(9)2-4-10-7/h2,4-5H,1,3H2. The lowest BCUT2D eigenvalue weighted by Gasteiger charge is -1.95. The predicted octanol–water partition coefficient (Wildman–Crippen LogP) is 2.67. The lowest BCUT2D eigenvalue weighted by atomic mass is 10.3. The van der Waals surface area contributed by atoms with Gasteiger partial charge in [0.2, 0.25) is 0 Å². The van der Waals surface area contributed by atoms with E-state index >= 15 is 0 Å². The minimum atomic E-state index is 0.756. The fraction of sp³-hybridized carbons (Fsp3) is 0.286. The molecule has 1 nitrogen and oxygen atoms in total. The monoisotopic (exact) mass is 219 g/mol. The summed E-state index contributed by atoms with van der Waals surface area (Å²) >= 11 is 9.05. The quantitative estimate of drug-likeness (QED) is 0.699. The lowest BCUT2D eigenvalue weighted by molar-refractivity contribution is 1.05. The number of nitrogens with zero attached hydrogens (tertiary/aromatic N) is 1. The van der Waals surface area contributed by atoms with Crippen LogP contribution in [0.25, 0.3) is 0 Å². The van der Waals surface area contributed by atoms with E-state index in [1.807, 2.05) is 6.07 Å². The van der Waals surface area contributed by atoms with Gasteiger partial charge in [0.05, 0.1) is 0 Å². The van der Waals surface area contributed by atoms with Crippen LogP contribution in [0.5, 0.6) is 0 Å². The summed E-state index contributed by atoms with van der Waals surface area (Å²) in [6.07, 6.45) is 2.65. The van der Waals surface area contributed by atoms with Crippen molar-refractivity contribution >= 4 is 27.5 Å². The summed E-state index contributed by atoms with van der Waals surface area (Å²) in [6.45, 7) is 0. The van der Waals surface area contributed by atoms with Crippen LogP contribution in [0.1, 0.15) is 5.69 Å². The molecule has 0 fully saturated rings. The van der Waals surface area contributed by atoms with E-state index < -0.39 is 0 Å². The SMILES string of the molecule is Clc1ccnc(CCBr)c1. The summed E-state index contributed by atoms with van der Waals surface area (Å²) in [6, 6.07) is 3.65. The first-order valence-electron chi connectivity index (χ1n) is 2.99. The Labute approximate surface area is 73.6 Å². The fourth-order valence-electron chi connectivity index (χ4n) is 0.682. The largest absolute Gasteiger partial charge is 0.261 e. The van der Waals surface area contributed by atoms with E-state index in [9.17, 15) is 0 Å². The molecule has 1 aromatic rings. The Balaban J connectivity index is 2.75. The van der Waals surface area contributed by atoms with Crippen LogP contribution in [0.2, 0.25) is 5.02 Å². The molecule has 10 heavy (non-hydrogen) atoms. The van der Waals surface area contributed by atoms with Gasteiger partial charge in [-0.1, -0.05) is 27.5 Å². The van der Waals surface area contributed by atoms with Gasteiger partial charge in [-0.15, -0.1) is 0 Å². The molecule has 0 spiro atoms. The maximum absolute atomic E-state index is 5.73. The van der Waals surface area contributed by atoms with E-state index in [0.29, 0.717) is 0 Å². The highest BCUT2D eigenvalue weighted by atomic mass is 79.9. The van der Waals surface area contributed by atoms with Crippen LogP contribution in [0.3, 0.4) is 0 Å². The summed E-state index contributed by atoms with van der Waals surface area (Å²) in [4.78, 5) is 4.11. The van der Waals surface area contributed by atoms with E-state index in [1.165, 1.54) is 0 Å². The van der Waals surface area contributed by atoms with Crippen LogP contribution in [0, 0.1) is 0 Å². The molecule has 0 unspecified atom stereocenters. The third-order valence-corrected chi connectivity index (χ3v) is 1.76. The second-order valence-electron chi connectivity index (χ2n) is 1.90. The Morgan fingerprint density at radius 2 is 2.40 bits per heavy atom. The zero-order chi connectivity index (χ0) is 7.40. The maximum atomic E-state index is 5.73. The Bertz CT molecular complexity index is 215. The van der Waals surface area contributed by atoms with Crippen molar-refractivity contribution in [2.75, 3.05) is 5.33 Å². The highest BCUT2D eigenvalue weighted by Gasteiger charge is 1.92. The molecule has 0 aromatic carbocycles. The molecule has 0 amide bonds. The molecule has 0 saturated heterocycles. The number of aryl methyl sites for hydroxylation is 1. The van der Waals surface area contributed by atoms with Crippen LogP contribution >= 0.6 is 27.5 Å². The van der Waals surface area contributed by atoms with Gasteiger partial charge in [-0.25, -0.2) is 0 Å². The number of halogens is 2. The highest BCUT2D eigenvalue weighted by Crippen LogP contribution is 2.08. The van der Waals surface area contributed by atoms with Crippen LogP contribution < -0.4 is 0 Å². The van der Waals surface area contributed by atoms with Gasteiger partial charge in [-0.05, 0) is 18.6 Å². The molecular formula is C7H7BrClN. The molecule has 1 heterocycles. The molecule has 0 bridgehead atoms. The maximum Gasteiger partial charge on any atom is 0.0439 e. The summed E-state index contributed by atoms with van der Waals surface area (Å²) in [5, 5.41) is 1.69. The van der Waals surface area contributed by atoms with Crippen molar-refractivity contribution < 1.29 is 0 Å². The van der Waals surface area contributed by atoms with Crippen molar-refractivity contribution in [3.63, 3.8) is 0 Å². The number of aromatic nitrogens is 1. The van der Waals surface area contributed by atoms with Gasteiger partial charge in [0.25, 0.3) is 0 Å². The average Bonchev–Trinajstić information content (AvgIpc) is 1.88. The number of hydrogen-bond acceptors (Lipinski definition) is 1. The third kappa shape index (κ3) is 2.27. The first-order chi connectivity index (χ1) is 4.83. The Morgan fingerprint density at radius 3 is 3.00 bits per heavy atom. The lowest BCUT2D eigenvalue weighted by Crippen LogP contribution is -1.88. The topological polar surface area (TPSA) is 12.9 Å². The van der Waals surface area contributed by atoms with Crippen LogP contribution in [-0.2, 0) is 6.42 Å². The van der Waals surface area contributed by atoms with Gasteiger partial charge in [-0.3, -0.25) is 4.98 Å². The molecule has 0 radical (unpaired) electrons. The minimum Gasteiger partial charge on any atom is -0.261 e. The van der Waals surface area contributed by atoms with Crippen molar-refractivity contribution in [2.45, 2.75) is 6.42 Å². The molecular weight excluding hydrogens is 213 g/mol. The van der Waals surface area contributed by atoms with Crippen molar-refractivity contribution in [3.05, 3.63) is 29.0 Å². The second kappa shape index (κ2) is 3.94. The molecule has 0 atom stereocenters. The first kappa shape index (κ1) is 8.02. The van der Waals surface area contributed by atoms with E-state index in [2.05, 4.69) is 20.9 Å². The average molecular weight is 220 g/mol. The Hall–Kier alpha value is -0.0800. The molecule has 1 rings (SSSR count). The molecule has 1 aromatic heterocycles. The molecule has 0 aliphatic heterocycles. The van der Waals surface area contributed by atoms with E-state index in [4.69, 9.17) is 11.6 Å². The first-order valence-corrected chi connectivity index (χ1v) is 4.49. The van der Waals surface area contributed by atoms with Crippen LogP contribution in [-0.4, -0.2) is 10.3 Å². The smallest absolute Gasteiger partial charge is 0.0439 e. The fourth-order valence-corrected chi connectivity index (χ4v) is 1.27. The number of pyridine rings is 1. The molecule has 0 aliphatic carbocycles. The Morgan fingerprint density at radius 1 is 1.60 bits per heavy atom. The molecule has 0 saturated carbocycles. The van der Waals surface area contributed by atoms with Crippen molar-refractivity contribution in [2.24, 2.45) is 0 Å². The van der Waals surface area contributed by atoms with Gasteiger partial charge >= 0.3 is 0 Å². The third-order valence-electron chi connectivity index (χ3n) is 1.13. The van der Waals surface area contributed by atoms with Gasteiger partial charge in [0.15, 0.2) is 0 Å². The van der Waals surface area contributed by atoms with Gasteiger partial charge in [0, 0.05) is 22.2 Å². The van der Waals surface area contributed by atoms with Crippen LogP contribution in [0.4, 0.5) is 0 Å². The second-order valence-corrected chi connectivity index (χ2v) is 3.13. The van der Waals surface area contributed by atoms with Gasteiger partial charge in [0.1, 0.15) is 0 Å². The van der Waals surface area contributed by atoms with Gasteiger partial charge < -0.3 is 0 Å². The number of alkyl halides is 1. The zero-order valence-electron chi connectivity index (χ0n) is 5.35. The van der Waals surface area contributed by atoms with Crippen LogP contribution in [0.15, 0.2) is 18.3 Å². The summed E-state index contributed by atoms with van der Waals surface area (Å²) in [5.41, 5.74) is 1.03. The van der Waals surface area contributed by atoms with Gasteiger partial charge in [-0.2, -0.15) is 0 Å². The highest BCUT2D eigenvalue weighted by molar-refractivity contribution is 9.09. The molecule has 0 aliphatic rings. The molecule has 0 N–H and O–H groups in total. The normalized spacial score (nSPS) is 9.80. The number of hydrogen-bond donors (Lipinski definition) is 0. The molecule has 54 valence electrons. The molecule has 3 heteroatoms. The van der Waals surface area contributed by atoms with E-state index in [1.54, 1.807) is 12.3 Å². The van der Waals surface area contributed by atoms with E-state index in [-0.39, 0.29) is 0 Å². The van der Waals surface area contributed by atoms with Crippen molar-refractivity contribution in [1.82, 2.24) is 4.98 Å². The Kier molecular flexibility index (Phi) is 3.16. The zero-order valence-corrected chi connectivity index (χ0v) is 7.69. The van der Waals surface area contributed by atoms with E-state index in [0.717, 1.165) is 22.5 Å². The predicted molar refractivity (Wildman–Crippen MR) is 46.7 cm³/mol. The van der Waals surface area contributed by atoms with Crippen molar-refractivity contribution in [3.8, 4) is 0 Å². The summed E-state index contributed by atoms with van der Waals surface area (Å²) in [7, 11) is 0.